The van der Waals surface area contributed by atoms with Crippen molar-refractivity contribution in [2.45, 2.75) is 6.92 Å². The average molecular weight is 292 g/mol. The van der Waals surface area contributed by atoms with Crippen LogP contribution in [-0.4, -0.2) is 18.0 Å². The van der Waals surface area contributed by atoms with Gasteiger partial charge in [0.15, 0.2) is 0 Å². The lowest BCUT2D eigenvalue weighted by molar-refractivity contribution is 0.102. The molecule has 1 aromatic carbocycles. The first kappa shape index (κ1) is 14.1. The van der Waals surface area contributed by atoms with E-state index in [4.69, 9.17) is 22.1 Å². The number of anilines is 2. The molecule has 1 heterocycles. The zero-order valence-electron chi connectivity index (χ0n) is 11.1. The van der Waals surface area contributed by atoms with Crippen LogP contribution in [0.2, 0.25) is 5.02 Å². The summed E-state index contributed by atoms with van der Waals surface area (Å²) in [5, 5.41) is 3.17. The van der Waals surface area contributed by atoms with Crippen LogP contribution in [0.15, 0.2) is 30.5 Å². The van der Waals surface area contributed by atoms with Crippen molar-refractivity contribution in [2.24, 2.45) is 0 Å². The van der Waals surface area contributed by atoms with Gasteiger partial charge in [-0.15, -0.1) is 0 Å². The number of aromatic nitrogens is 1. The van der Waals surface area contributed by atoms with Crippen LogP contribution in [0.25, 0.3) is 0 Å². The molecule has 0 saturated carbocycles. The Bertz CT molecular complexity index is 659. The third-order valence-electron chi connectivity index (χ3n) is 2.76. The summed E-state index contributed by atoms with van der Waals surface area (Å²) in [6.07, 6.45) is 1.51. The quantitative estimate of drug-likeness (QED) is 0.911. The van der Waals surface area contributed by atoms with Gasteiger partial charge in [0.05, 0.1) is 35.3 Å². The highest BCUT2D eigenvalue weighted by molar-refractivity contribution is 6.32. The molecule has 0 saturated heterocycles. The Kier molecular flexibility index (Phi) is 4.10. The van der Waals surface area contributed by atoms with Crippen LogP contribution in [0.1, 0.15) is 16.1 Å². The van der Waals surface area contributed by atoms with Crippen molar-refractivity contribution in [3.63, 3.8) is 0 Å². The molecule has 0 spiro atoms. The van der Waals surface area contributed by atoms with E-state index in [2.05, 4.69) is 10.3 Å². The molecule has 5 nitrogen and oxygen atoms in total. The number of halogens is 1. The fourth-order valence-electron chi connectivity index (χ4n) is 1.72. The van der Waals surface area contributed by atoms with E-state index < -0.39 is 0 Å². The van der Waals surface area contributed by atoms with Gasteiger partial charge in [0, 0.05) is 5.69 Å². The summed E-state index contributed by atoms with van der Waals surface area (Å²) in [4.78, 5) is 16.2. The van der Waals surface area contributed by atoms with Gasteiger partial charge in [0.2, 0.25) is 0 Å². The van der Waals surface area contributed by atoms with Gasteiger partial charge >= 0.3 is 0 Å². The molecule has 3 N–H and O–H groups in total. The lowest BCUT2D eigenvalue weighted by atomic mass is 10.1. The molecule has 1 aromatic heterocycles. The highest BCUT2D eigenvalue weighted by Gasteiger charge is 2.11. The van der Waals surface area contributed by atoms with Gasteiger partial charge in [-0.1, -0.05) is 11.6 Å². The lowest BCUT2D eigenvalue weighted by Crippen LogP contribution is -2.14. The minimum Gasteiger partial charge on any atom is -0.495 e. The zero-order valence-corrected chi connectivity index (χ0v) is 11.9. The third kappa shape index (κ3) is 3.00. The fraction of sp³-hybridized carbons (Fsp3) is 0.143. The van der Waals surface area contributed by atoms with Crippen molar-refractivity contribution in [1.82, 2.24) is 4.98 Å². The second-order valence-corrected chi connectivity index (χ2v) is 4.61. The summed E-state index contributed by atoms with van der Waals surface area (Å²) in [7, 11) is 1.53. The van der Waals surface area contributed by atoms with Gasteiger partial charge in [-0.25, -0.2) is 0 Å². The first-order chi connectivity index (χ1) is 9.51. The number of rotatable bonds is 3. The monoisotopic (exact) mass is 291 g/mol. The smallest absolute Gasteiger partial charge is 0.257 e. The Balaban J connectivity index is 2.23. The molecule has 2 rings (SSSR count). The lowest BCUT2D eigenvalue weighted by Gasteiger charge is -2.09. The predicted octanol–water partition coefficient (Wildman–Crippen LogP) is 2.89. The van der Waals surface area contributed by atoms with E-state index in [0.29, 0.717) is 33.4 Å². The summed E-state index contributed by atoms with van der Waals surface area (Å²) in [6.45, 7) is 1.75. The van der Waals surface area contributed by atoms with E-state index in [1.165, 1.54) is 13.3 Å². The fourth-order valence-corrected chi connectivity index (χ4v) is 1.98. The van der Waals surface area contributed by atoms with Gasteiger partial charge in [-0.3, -0.25) is 9.78 Å². The molecule has 0 aliphatic carbocycles. The van der Waals surface area contributed by atoms with Crippen LogP contribution in [0.4, 0.5) is 11.4 Å². The topological polar surface area (TPSA) is 77.2 Å². The van der Waals surface area contributed by atoms with Gasteiger partial charge in [0.1, 0.15) is 5.75 Å². The van der Waals surface area contributed by atoms with Gasteiger partial charge in [-0.2, -0.15) is 0 Å². The molecule has 6 heteroatoms. The molecule has 0 aliphatic heterocycles. The number of pyridine rings is 1. The van der Waals surface area contributed by atoms with E-state index in [-0.39, 0.29) is 5.91 Å². The van der Waals surface area contributed by atoms with Crippen molar-refractivity contribution >= 4 is 28.9 Å². The van der Waals surface area contributed by atoms with E-state index in [0.717, 1.165) is 0 Å². The maximum atomic E-state index is 12.2. The highest BCUT2D eigenvalue weighted by atomic mass is 35.5. The third-order valence-corrected chi connectivity index (χ3v) is 3.06. The molecule has 20 heavy (non-hydrogen) atoms. The number of nitrogen functional groups attached to an aromatic ring is 1. The van der Waals surface area contributed by atoms with Crippen molar-refractivity contribution < 1.29 is 9.53 Å². The molecule has 0 unspecified atom stereocenters. The number of methoxy groups -OCH3 is 1. The molecule has 0 fully saturated rings. The summed E-state index contributed by atoms with van der Waals surface area (Å²) >= 11 is 6.01. The molecule has 104 valence electrons. The minimum atomic E-state index is -0.288. The second kappa shape index (κ2) is 5.79. The van der Waals surface area contributed by atoms with Crippen LogP contribution < -0.4 is 15.8 Å². The average Bonchev–Trinajstić information content (AvgIpc) is 2.41. The van der Waals surface area contributed by atoms with Gasteiger partial charge < -0.3 is 15.8 Å². The van der Waals surface area contributed by atoms with Crippen molar-refractivity contribution in [2.75, 3.05) is 18.2 Å². The normalized spacial score (nSPS) is 10.2. The van der Waals surface area contributed by atoms with Crippen LogP contribution >= 0.6 is 11.6 Å². The Morgan fingerprint density at radius 3 is 2.80 bits per heavy atom. The summed E-state index contributed by atoms with van der Waals surface area (Å²) < 4.78 is 5.05. The standard InChI is InChI=1S/C14H14ClN3O2/c1-8-11(5-9(16)7-17-8)14(19)18-10-3-4-13(20-2)12(15)6-10/h3-7H,16H2,1-2H3,(H,18,19). The molecular weight excluding hydrogens is 278 g/mol. The summed E-state index contributed by atoms with van der Waals surface area (Å²) in [5.41, 5.74) is 7.69. The Hall–Kier alpha value is -2.27. The Morgan fingerprint density at radius 1 is 1.40 bits per heavy atom. The van der Waals surface area contributed by atoms with Gasteiger partial charge in [0.25, 0.3) is 5.91 Å². The van der Waals surface area contributed by atoms with E-state index >= 15 is 0 Å². The molecule has 0 aliphatic rings. The SMILES string of the molecule is COc1ccc(NC(=O)c2cc(N)cnc2C)cc1Cl. The largest absolute Gasteiger partial charge is 0.495 e. The number of carbonyl (C=O) groups excluding carboxylic acids is 1. The van der Waals surface area contributed by atoms with Crippen molar-refractivity contribution in [3.05, 3.63) is 46.7 Å². The van der Waals surface area contributed by atoms with Crippen LogP contribution in [0.5, 0.6) is 5.75 Å². The molecular formula is C14H14ClN3O2. The number of nitrogens with two attached hydrogens (primary N) is 1. The summed E-state index contributed by atoms with van der Waals surface area (Å²) in [5.74, 6) is 0.259. The Morgan fingerprint density at radius 2 is 2.15 bits per heavy atom. The number of amides is 1. The van der Waals surface area contributed by atoms with E-state index in [1.807, 2.05) is 0 Å². The van der Waals surface area contributed by atoms with E-state index in [1.54, 1.807) is 31.2 Å². The Labute approximate surface area is 121 Å². The summed E-state index contributed by atoms with van der Waals surface area (Å²) in [6, 6.07) is 6.59. The van der Waals surface area contributed by atoms with Gasteiger partial charge in [-0.05, 0) is 31.2 Å². The highest BCUT2D eigenvalue weighted by Crippen LogP contribution is 2.27. The van der Waals surface area contributed by atoms with E-state index in [9.17, 15) is 4.79 Å². The minimum absolute atomic E-state index is 0.288. The molecule has 0 bridgehead atoms. The number of ether oxygens (including phenoxy) is 1. The van der Waals surface area contributed by atoms with Crippen LogP contribution in [0.3, 0.4) is 0 Å². The number of hydrogen-bond donors (Lipinski definition) is 2. The zero-order chi connectivity index (χ0) is 14.7. The first-order valence-corrected chi connectivity index (χ1v) is 6.26. The predicted molar refractivity (Wildman–Crippen MR) is 79.3 cm³/mol. The first-order valence-electron chi connectivity index (χ1n) is 5.88. The number of hydrogen-bond acceptors (Lipinski definition) is 4. The number of nitrogens with zero attached hydrogens (tertiary/aromatic N) is 1. The van der Waals surface area contributed by atoms with Crippen molar-refractivity contribution in [1.29, 1.82) is 0 Å². The number of benzene rings is 1. The number of nitrogens with one attached hydrogen (secondary N) is 1. The maximum Gasteiger partial charge on any atom is 0.257 e. The molecule has 1 amide bonds. The molecule has 0 radical (unpaired) electrons. The second-order valence-electron chi connectivity index (χ2n) is 4.21. The van der Waals surface area contributed by atoms with Crippen LogP contribution in [0, 0.1) is 6.92 Å². The maximum absolute atomic E-state index is 12.2. The number of carbonyl (C=O) groups is 1. The number of aryl methyl sites for hydroxylation is 1. The molecule has 2 aromatic rings. The van der Waals surface area contributed by atoms with Crippen LogP contribution in [-0.2, 0) is 0 Å². The molecule has 0 atom stereocenters. The van der Waals surface area contributed by atoms with Crippen molar-refractivity contribution in [3.8, 4) is 5.75 Å².